The van der Waals surface area contributed by atoms with Gasteiger partial charge in [-0.1, -0.05) is 55.1 Å². The van der Waals surface area contributed by atoms with Gasteiger partial charge in [-0.2, -0.15) is 0 Å². The van der Waals surface area contributed by atoms with Crippen molar-refractivity contribution in [3.8, 4) is 0 Å². The van der Waals surface area contributed by atoms with Crippen molar-refractivity contribution in [2.75, 3.05) is 0 Å². The van der Waals surface area contributed by atoms with Crippen LogP contribution in [0, 0.1) is 11.6 Å². The molecule has 0 saturated carbocycles. The molecular weight excluding hydrogens is 625 g/mol. The molecule has 0 amide bonds. The van der Waals surface area contributed by atoms with E-state index >= 15 is 0 Å². The summed E-state index contributed by atoms with van der Waals surface area (Å²) in [5.74, 6) is -1.65. The largest absolute Gasteiger partial charge is 0.288 e. The fourth-order valence-electron chi connectivity index (χ4n) is 2.05. The van der Waals surface area contributed by atoms with E-state index in [-0.39, 0.29) is 51.9 Å². The van der Waals surface area contributed by atoms with Crippen molar-refractivity contribution in [2.24, 2.45) is 0 Å². The van der Waals surface area contributed by atoms with Gasteiger partial charge in [0.25, 0.3) is 0 Å². The van der Waals surface area contributed by atoms with Crippen LogP contribution in [-0.4, -0.2) is 5.78 Å². The lowest BCUT2D eigenvalue weighted by Gasteiger charge is -2.15. The van der Waals surface area contributed by atoms with Crippen LogP contribution in [0.1, 0.15) is 27.0 Å². The summed E-state index contributed by atoms with van der Waals surface area (Å²) in [5.41, 5.74) is 0.418. The second-order valence-electron chi connectivity index (χ2n) is 4.61. The molecule has 128 valence electrons. The Balaban J connectivity index is 2.76. The third-order valence-corrected chi connectivity index (χ3v) is 6.46. The molecule has 0 saturated heterocycles. The smallest absolute Gasteiger partial charge is 0.198 e. The van der Waals surface area contributed by atoms with Crippen molar-refractivity contribution in [1.82, 2.24) is 0 Å². The first-order chi connectivity index (χ1) is 11.2. The van der Waals surface area contributed by atoms with Gasteiger partial charge < -0.3 is 0 Å². The highest BCUT2D eigenvalue weighted by Gasteiger charge is 2.27. The van der Waals surface area contributed by atoms with Crippen molar-refractivity contribution in [3.63, 3.8) is 0 Å². The van der Waals surface area contributed by atoms with E-state index < -0.39 is 17.4 Å². The third kappa shape index (κ3) is 3.76. The summed E-state index contributed by atoms with van der Waals surface area (Å²) in [6.07, 6.45) is 0. The molecule has 24 heavy (non-hydrogen) atoms. The van der Waals surface area contributed by atoms with Gasteiger partial charge in [0.2, 0.25) is 0 Å². The maximum absolute atomic E-state index is 13.9. The molecule has 0 aliphatic heterocycles. The minimum Gasteiger partial charge on any atom is -0.288 e. The van der Waals surface area contributed by atoms with Crippen LogP contribution in [0.4, 0.5) is 8.78 Å². The molecule has 0 aliphatic rings. The lowest BCUT2D eigenvalue weighted by molar-refractivity contribution is 0.103. The molecule has 0 heterocycles. The number of hydrogen-bond donors (Lipinski definition) is 0. The van der Waals surface area contributed by atoms with Crippen LogP contribution in [0.5, 0.6) is 0 Å². The van der Waals surface area contributed by atoms with Crippen LogP contribution < -0.4 is 0 Å². The topological polar surface area (TPSA) is 17.1 Å². The number of benzene rings is 2. The van der Waals surface area contributed by atoms with E-state index in [1.54, 1.807) is 0 Å². The van der Waals surface area contributed by atoms with Gasteiger partial charge in [0.1, 0.15) is 11.6 Å². The average Bonchev–Trinajstić information content (AvgIpc) is 2.46. The van der Waals surface area contributed by atoms with E-state index in [9.17, 15) is 13.6 Å². The Morgan fingerprint density at radius 3 is 1.50 bits per heavy atom. The predicted molar refractivity (Wildman–Crippen MR) is 107 cm³/mol. The summed E-state index contributed by atoms with van der Waals surface area (Å²) in [6.45, 7) is 0. The van der Waals surface area contributed by atoms with E-state index in [0.29, 0.717) is 0 Å². The Kier molecular flexibility index (Phi) is 7.31. The van der Waals surface area contributed by atoms with Crippen LogP contribution in [-0.2, 0) is 10.7 Å². The first-order valence-corrected chi connectivity index (χ1v) is 10.8. The first kappa shape index (κ1) is 20.8. The van der Waals surface area contributed by atoms with Gasteiger partial charge in [-0.25, -0.2) is 8.78 Å². The molecule has 0 fully saturated rings. The molecule has 2 rings (SSSR count). The second kappa shape index (κ2) is 8.44. The molecule has 0 bridgehead atoms. The molecule has 0 N–H and O–H groups in total. The van der Waals surface area contributed by atoms with Crippen molar-refractivity contribution < 1.29 is 13.6 Å². The van der Waals surface area contributed by atoms with Crippen LogP contribution in [0.25, 0.3) is 0 Å². The lowest BCUT2D eigenvalue weighted by Crippen LogP contribution is -2.09. The zero-order valence-corrected chi connectivity index (χ0v) is 19.4. The van der Waals surface area contributed by atoms with Crippen molar-refractivity contribution in [2.45, 2.75) is 10.7 Å². The minimum absolute atomic E-state index is 0.0311. The highest BCUT2D eigenvalue weighted by Crippen LogP contribution is 2.38. The van der Waals surface area contributed by atoms with Crippen LogP contribution in [0.15, 0.2) is 21.1 Å². The maximum Gasteiger partial charge on any atom is 0.198 e. The molecule has 0 spiro atoms. The highest BCUT2D eigenvalue weighted by molar-refractivity contribution is 9.11. The number of carbonyl (C=O) groups excluding carboxylic acids is 1. The molecule has 2 aromatic carbocycles. The van der Waals surface area contributed by atoms with Crippen LogP contribution in [0.2, 0.25) is 10.0 Å². The van der Waals surface area contributed by atoms with Crippen molar-refractivity contribution in [3.05, 3.63) is 65.0 Å². The Hall–Kier alpha value is 0.470. The monoisotopic (exact) mass is 626 g/mol. The number of ketones is 1. The first-order valence-electron chi connectivity index (χ1n) is 6.23. The van der Waals surface area contributed by atoms with E-state index in [0.717, 1.165) is 12.1 Å². The lowest BCUT2D eigenvalue weighted by atomic mass is 9.99. The number of hydrogen-bond acceptors (Lipinski definition) is 1. The predicted octanol–water partition coefficient (Wildman–Crippen LogP) is 7.82. The minimum atomic E-state index is -0.550. The van der Waals surface area contributed by atoms with Crippen molar-refractivity contribution >= 4 is 92.7 Å². The SMILES string of the molecule is O=C(c1c(Br)cc(F)c(CBr)c1Cl)c1c(Br)cc(F)c(CBr)c1Cl. The van der Waals surface area contributed by atoms with Crippen LogP contribution >= 0.6 is 86.9 Å². The number of alkyl halides is 2. The number of rotatable bonds is 4. The molecule has 0 aromatic heterocycles. The van der Waals surface area contributed by atoms with E-state index in [4.69, 9.17) is 23.2 Å². The molecule has 0 atom stereocenters. The molecule has 0 aliphatic carbocycles. The second-order valence-corrected chi connectivity index (χ2v) is 8.20. The van der Waals surface area contributed by atoms with E-state index in [1.165, 1.54) is 0 Å². The fraction of sp³-hybridized carbons (Fsp3) is 0.133. The van der Waals surface area contributed by atoms with E-state index in [1.807, 2.05) is 0 Å². The summed E-state index contributed by atoms with van der Waals surface area (Å²) in [5, 5.41) is 0.208. The molecular formula is C15H6Br4Cl2F2O. The van der Waals surface area contributed by atoms with Gasteiger partial charge >= 0.3 is 0 Å². The molecule has 0 radical (unpaired) electrons. The van der Waals surface area contributed by atoms with E-state index in [2.05, 4.69) is 63.7 Å². The molecule has 2 aromatic rings. The summed E-state index contributed by atoms with van der Waals surface area (Å²) in [7, 11) is 0. The molecule has 0 unspecified atom stereocenters. The molecule has 1 nitrogen and oxygen atoms in total. The van der Waals surface area contributed by atoms with Gasteiger partial charge in [0, 0.05) is 30.7 Å². The van der Waals surface area contributed by atoms with Gasteiger partial charge in [-0.3, -0.25) is 4.79 Å². The summed E-state index contributed by atoms with van der Waals surface area (Å²) in [4.78, 5) is 13.0. The summed E-state index contributed by atoms with van der Waals surface area (Å²) in [6, 6.07) is 2.32. The Morgan fingerprint density at radius 1 is 0.875 bits per heavy atom. The highest BCUT2D eigenvalue weighted by atomic mass is 79.9. The van der Waals surface area contributed by atoms with Crippen molar-refractivity contribution in [1.29, 1.82) is 0 Å². The normalized spacial score (nSPS) is 11.0. The Bertz CT molecular complexity index is 776. The number of halogens is 8. The van der Waals surface area contributed by atoms with Gasteiger partial charge in [-0.05, 0) is 44.0 Å². The number of carbonyl (C=O) groups is 1. The average molecular weight is 631 g/mol. The molecule has 9 heteroatoms. The third-order valence-electron chi connectivity index (χ3n) is 3.25. The van der Waals surface area contributed by atoms with Gasteiger partial charge in [0.05, 0.1) is 21.2 Å². The quantitative estimate of drug-likeness (QED) is 0.249. The fourth-order valence-corrected chi connectivity index (χ4v) is 5.54. The Morgan fingerprint density at radius 2 is 1.21 bits per heavy atom. The standard InChI is InChI=1S/C15H6Br4Cl2F2O/c16-3-5-9(22)1-7(18)11(13(5)20)15(24)12-8(19)2-10(23)6(4-17)14(12)21/h1-2H,3-4H2. The Labute approximate surface area is 180 Å². The summed E-state index contributed by atoms with van der Waals surface area (Å²) < 4.78 is 28.3. The van der Waals surface area contributed by atoms with Gasteiger partial charge in [-0.15, -0.1) is 0 Å². The maximum atomic E-state index is 13.9. The van der Waals surface area contributed by atoms with Gasteiger partial charge in [0.15, 0.2) is 5.78 Å². The van der Waals surface area contributed by atoms with Crippen LogP contribution in [0.3, 0.4) is 0 Å². The zero-order valence-electron chi connectivity index (χ0n) is 11.5. The zero-order chi connectivity index (χ0) is 18.2. The summed E-state index contributed by atoms with van der Waals surface area (Å²) >= 11 is 25.0.